The van der Waals surface area contributed by atoms with Gasteiger partial charge in [0, 0.05) is 42.2 Å². The third-order valence-corrected chi connectivity index (χ3v) is 13.2. The summed E-state index contributed by atoms with van der Waals surface area (Å²) < 4.78 is 23.4. The molecule has 246 valence electrons. The van der Waals surface area contributed by atoms with E-state index in [1.165, 1.54) is 0 Å². The number of fused-ring (bicyclic) bond motifs is 3. The van der Waals surface area contributed by atoms with Crippen molar-refractivity contribution in [3.05, 3.63) is 95.1 Å². The van der Waals surface area contributed by atoms with E-state index in [4.69, 9.17) is 4.74 Å². The lowest BCUT2D eigenvalue weighted by atomic mass is 9.82. The molecule has 2 fully saturated rings. The minimum Gasteiger partial charge on any atom is -0.394 e. The van der Waals surface area contributed by atoms with Crippen molar-refractivity contribution in [3.63, 3.8) is 0 Å². The molecule has 1 spiro atoms. The molecule has 47 heavy (non-hydrogen) atoms. The van der Waals surface area contributed by atoms with Gasteiger partial charge in [-0.2, -0.15) is 0 Å². The topological polar surface area (TPSA) is 90.4 Å². The zero-order chi connectivity index (χ0) is 33.1. The summed E-state index contributed by atoms with van der Waals surface area (Å²) in [6.45, 7) is 6.22. The summed E-state index contributed by atoms with van der Waals surface area (Å²) in [5, 5.41) is 10.3. The Morgan fingerprint density at radius 2 is 1.77 bits per heavy atom. The fourth-order valence-electron chi connectivity index (χ4n) is 8.58. The number of halogens is 1. The van der Waals surface area contributed by atoms with Gasteiger partial charge in [0.15, 0.2) is 5.60 Å². The Bertz CT molecular complexity index is 1710. The van der Waals surface area contributed by atoms with E-state index in [9.17, 15) is 19.5 Å². The van der Waals surface area contributed by atoms with E-state index in [2.05, 4.69) is 0 Å². The number of hydrogen-bond acceptors (Lipinski definition) is 5. The molecule has 7 rings (SSSR count). The van der Waals surface area contributed by atoms with Crippen LogP contribution < -0.4 is 9.80 Å². The molecule has 3 aromatic rings. The van der Waals surface area contributed by atoms with E-state index in [0.717, 1.165) is 23.1 Å². The minimum absolute atomic E-state index is 0.0324. The molecule has 3 amide bonds. The van der Waals surface area contributed by atoms with Crippen LogP contribution in [0.1, 0.15) is 48.4 Å². The molecule has 4 aliphatic heterocycles. The van der Waals surface area contributed by atoms with Gasteiger partial charge in [-0.15, -0.1) is 0 Å². The van der Waals surface area contributed by atoms with E-state index < -0.39 is 37.6 Å². The first kappa shape index (κ1) is 31.7. The van der Waals surface area contributed by atoms with E-state index in [1.807, 2.05) is 79.7 Å². The van der Waals surface area contributed by atoms with E-state index in [-0.39, 0.29) is 30.7 Å². The number of amides is 3. The van der Waals surface area contributed by atoms with Crippen molar-refractivity contribution in [2.45, 2.75) is 82.1 Å². The average Bonchev–Trinajstić information content (AvgIpc) is 3.69. The Hall–Kier alpha value is -3.86. The molecule has 1 N–H and O–H groups in total. The predicted octanol–water partition coefficient (Wildman–Crippen LogP) is 5.47. The van der Waals surface area contributed by atoms with Gasteiger partial charge in [-0.05, 0) is 60.8 Å². The first-order valence-corrected chi connectivity index (χ1v) is 19.6. The van der Waals surface area contributed by atoms with Crippen LogP contribution in [0.25, 0.3) is 0 Å². The van der Waals surface area contributed by atoms with Gasteiger partial charge in [0.25, 0.3) is 5.91 Å². The summed E-state index contributed by atoms with van der Waals surface area (Å²) in [5.74, 6) is -1.03. The fourth-order valence-corrected chi connectivity index (χ4v) is 11.1. The van der Waals surface area contributed by atoms with Crippen LogP contribution in [0.3, 0.4) is 0 Å². The molecule has 10 heteroatoms. The van der Waals surface area contributed by atoms with E-state index in [0.29, 0.717) is 49.4 Å². The number of benzene rings is 3. The highest BCUT2D eigenvalue weighted by Gasteiger charge is 2.67. The van der Waals surface area contributed by atoms with Gasteiger partial charge in [-0.1, -0.05) is 61.5 Å². The van der Waals surface area contributed by atoms with Crippen LogP contribution in [-0.4, -0.2) is 61.4 Å². The number of aliphatic hydroxyl groups excluding tert-OH is 1. The van der Waals surface area contributed by atoms with Crippen LogP contribution in [-0.2, 0) is 44.2 Å². The van der Waals surface area contributed by atoms with Gasteiger partial charge in [-0.25, -0.2) is 0 Å². The predicted molar refractivity (Wildman–Crippen MR) is 180 cm³/mol. The zero-order valence-corrected chi connectivity index (χ0v) is 28.2. The SMILES string of the molecule is C[C@@H]1[C@@H]([Si](C)(C)F)[C@H](CC(=O)N2Cc3ccccc3C[C@H]2CO)O[C@@]12C(=O)N(Cc1ccccc1)c1ccc(N3CCCC3=O)cc12. The Labute approximate surface area is 276 Å². The van der Waals surface area contributed by atoms with Crippen molar-refractivity contribution in [2.75, 3.05) is 23.0 Å². The zero-order valence-electron chi connectivity index (χ0n) is 27.2. The Morgan fingerprint density at radius 3 is 2.45 bits per heavy atom. The molecule has 0 unspecified atom stereocenters. The monoisotopic (exact) mass is 655 g/mol. The van der Waals surface area contributed by atoms with Crippen molar-refractivity contribution in [1.82, 2.24) is 4.90 Å². The molecular weight excluding hydrogens is 614 g/mol. The number of ether oxygens (including phenoxy) is 1. The standard InChI is InChI=1S/C37H42FN3O5Si/c1-24-35(47(2,3)38)32(20-34(44)40-22-27-13-8-7-12-26(27)18-29(40)23-42)46-37(24)30-19-28(39-17-9-14-33(39)43)15-16-31(30)41(36(37)45)21-25-10-5-4-6-11-25/h4-8,10-13,15-16,19,24,29,32,35,42H,9,14,17-18,20-23H2,1-3H3/t24-,29+,32+,35-,37+/m1/s1. The van der Waals surface area contributed by atoms with Gasteiger partial charge >= 0.3 is 0 Å². The molecule has 0 saturated carbocycles. The number of hydrogen-bond donors (Lipinski definition) is 1. The van der Waals surface area contributed by atoms with Crippen molar-refractivity contribution in [2.24, 2.45) is 5.92 Å². The van der Waals surface area contributed by atoms with Gasteiger partial charge in [0.05, 0.1) is 37.4 Å². The smallest absolute Gasteiger partial charge is 0.264 e. The summed E-state index contributed by atoms with van der Waals surface area (Å²) in [6, 6.07) is 22.9. The molecule has 2 saturated heterocycles. The number of carbonyl (C=O) groups is 3. The Morgan fingerprint density at radius 1 is 1.04 bits per heavy atom. The molecule has 0 radical (unpaired) electrons. The highest BCUT2D eigenvalue weighted by Crippen LogP contribution is 2.61. The molecule has 4 aliphatic rings. The number of carbonyl (C=O) groups excluding carboxylic acids is 3. The summed E-state index contributed by atoms with van der Waals surface area (Å²) in [7, 11) is -3.52. The summed E-state index contributed by atoms with van der Waals surface area (Å²) in [6.07, 6.45) is 0.831. The maximum Gasteiger partial charge on any atom is 0.264 e. The first-order chi connectivity index (χ1) is 22.5. The number of aliphatic hydroxyl groups is 1. The van der Waals surface area contributed by atoms with Crippen LogP contribution in [0.4, 0.5) is 15.5 Å². The quantitative estimate of drug-likeness (QED) is 0.269. The molecule has 0 aromatic heterocycles. The van der Waals surface area contributed by atoms with Crippen molar-refractivity contribution < 1.29 is 28.3 Å². The summed E-state index contributed by atoms with van der Waals surface area (Å²) in [5.41, 5.74) is 2.91. The van der Waals surface area contributed by atoms with Crippen LogP contribution in [0, 0.1) is 5.92 Å². The second kappa shape index (κ2) is 12.0. The lowest BCUT2D eigenvalue weighted by Gasteiger charge is -2.37. The van der Waals surface area contributed by atoms with Gasteiger partial charge < -0.3 is 28.7 Å². The molecular formula is C37H42FN3O5Si. The number of anilines is 2. The summed E-state index contributed by atoms with van der Waals surface area (Å²) in [4.78, 5) is 46.8. The second-order valence-electron chi connectivity index (χ2n) is 14.0. The molecule has 5 atom stereocenters. The number of rotatable bonds is 7. The molecule has 4 heterocycles. The molecule has 0 aliphatic carbocycles. The van der Waals surface area contributed by atoms with Gasteiger partial charge in [0.1, 0.15) is 0 Å². The highest BCUT2D eigenvalue weighted by molar-refractivity contribution is 6.72. The molecule has 8 nitrogen and oxygen atoms in total. The lowest BCUT2D eigenvalue weighted by Crippen LogP contribution is -2.48. The van der Waals surface area contributed by atoms with Crippen LogP contribution in [0.5, 0.6) is 0 Å². The van der Waals surface area contributed by atoms with Crippen molar-refractivity contribution in [3.8, 4) is 0 Å². The second-order valence-corrected chi connectivity index (χ2v) is 17.8. The van der Waals surface area contributed by atoms with Crippen LogP contribution >= 0.6 is 0 Å². The normalized spacial score (nSPS) is 27.1. The maximum atomic E-state index is 16.5. The largest absolute Gasteiger partial charge is 0.394 e. The molecule has 3 aromatic carbocycles. The maximum absolute atomic E-state index is 16.5. The summed E-state index contributed by atoms with van der Waals surface area (Å²) >= 11 is 0. The Balaban J connectivity index is 1.28. The third-order valence-electron chi connectivity index (χ3n) is 10.8. The minimum atomic E-state index is -3.52. The third kappa shape index (κ3) is 5.30. The van der Waals surface area contributed by atoms with Crippen LogP contribution in [0.2, 0.25) is 18.6 Å². The van der Waals surface area contributed by atoms with Gasteiger partial charge in [-0.3, -0.25) is 14.4 Å². The average molecular weight is 656 g/mol. The van der Waals surface area contributed by atoms with Crippen LogP contribution in [0.15, 0.2) is 72.8 Å². The van der Waals surface area contributed by atoms with Gasteiger partial charge in [0.2, 0.25) is 20.2 Å². The molecule has 0 bridgehead atoms. The van der Waals surface area contributed by atoms with E-state index >= 15 is 4.11 Å². The van der Waals surface area contributed by atoms with Crippen molar-refractivity contribution >= 4 is 37.5 Å². The van der Waals surface area contributed by atoms with E-state index in [1.54, 1.807) is 27.8 Å². The lowest BCUT2D eigenvalue weighted by molar-refractivity contribution is -0.151. The first-order valence-electron chi connectivity index (χ1n) is 16.7. The highest BCUT2D eigenvalue weighted by atomic mass is 28.4. The fraction of sp³-hybridized carbons (Fsp3) is 0.432. The van der Waals surface area contributed by atoms with Crippen molar-refractivity contribution in [1.29, 1.82) is 0 Å². The number of nitrogens with zero attached hydrogens (tertiary/aromatic N) is 3. The Kier molecular flexibility index (Phi) is 8.09.